The van der Waals surface area contributed by atoms with Gasteiger partial charge in [0.25, 0.3) is 0 Å². The molecule has 3 heteroatoms. The van der Waals surface area contributed by atoms with E-state index in [1.807, 2.05) is 12.1 Å². The van der Waals surface area contributed by atoms with Crippen LogP contribution in [-0.4, -0.2) is 15.3 Å². The van der Waals surface area contributed by atoms with Crippen LogP contribution >= 0.6 is 0 Å². The van der Waals surface area contributed by atoms with Crippen molar-refractivity contribution in [2.45, 2.75) is 39.6 Å². The molecule has 84 valence electrons. The molecule has 0 heterocycles. The molecule has 0 unspecified atom stereocenters. The predicted molar refractivity (Wildman–Crippen MR) is 58.3 cm³/mol. The van der Waals surface area contributed by atoms with E-state index in [2.05, 4.69) is 13.8 Å². The van der Waals surface area contributed by atoms with E-state index in [4.69, 9.17) is 5.11 Å². The normalized spacial score (nSPS) is 11.1. The van der Waals surface area contributed by atoms with Crippen LogP contribution in [-0.2, 0) is 19.8 Å². The summed E-state index contributed by atoms with van der Waals surface area (Å²) in [7, 11) is 0. The molecule has 0 saturated heterocycles. The minimum absolute atomic E-state index is 0.108. The van der Waals surface area contributed by atoms with Crippen LogP contribution in [0.15, 0.2) is 12.1 Å². The highest BCUT2D eigenvalue weighted by atomic mass is 16.3. The second-order valence-electron chi connectivity index (χ2n) is 3.95. The van der Waals surface area contributed by atoms with Crippen LogP contribution in [0.3, 0.4) is 0 Å². The summed E-state index contributed by atoms with van der Waals surface area (Å²) in [6.07, 6.45) is 0. The van der Waals surface area contributed by atoms with Gasteiger partial charge in [0.15, 0.2) is 0 Å². The van der Waals surface area contributed by atoms with Gasteiger partial charge in [0.1, 0.15) is 0 Å². The monoisotopic (exact) mass is 210 g/mol. The van der Waals surface area contributed by atoms with Crippen LogP contribution in [0.2, 0.25) is 0 Å². The third kappa shape index (κ3) is 2.56. The average molecular weight is 210 g/mol. The van der Waals surface area contributed by atoms with Gasteiger partial charge in [-0.25, -0.2) is 0 Å². The van der Waals surface area contributed by atoms with Crippen molar-refractivity contribution < 1.29 is 15.3 Å². The Balaban J connectivity index is 3.29. The zero-order chi connectivity index (χ0) is 11.4. The van der Waals surface area contributed by atoms with Crippen LogP contribution in [0, 0.1) is 0 Å². The molecule has 0 saturated carbocycles. The van der Waals surface area contributed by atoms with Crippen LogP contribution in [0.5, 0.6) is 0 Å². The largest absolute Gasteiger partial charge is 0.392 e. The molecule has 0 spiro atoms. The van der Waals surface area contributed by atoms with Crippen LogP contribution in [0.1, 0.15) is 42.0 Å². The van der Waals surface area contributed by atoms with E-state index in [0.717, 1.165) is 5.56 Å². The third-order valence-electron chi connectivity index (χ3n) is 2.62. The Morgan fingerprint density at radius 1 is 0.933 bits per heavy atom. The molecule has 3 nitrogen and oxygen atoms in total. The van der Waals surface area contributed by atoms with Gasteiger partial charge in [-0.3, -0.25) is 0 Å². The number of benzene rings is 1. The first kappa shape index (κ1) is 12.2. The van der Waals surface area contributed by atoms with Gasteiger partial charge in [-0.2, -0.15) is 0 Å². The van der Waals surface area contributed by atoms with Crippen molar-refractivity contribution in [3.05, 3.63) is 34.4 Å². The molecule has 0 fully saturated rings. The van der Waals surface area contributed by atoms with E-state index in [1.54, 1.807) is 0 Å². The first-order valence-electron chi connectivity index (χ1n) is 5.11. The van der Waals surface area contributed by atoms with E-state index >= 15 is 0 Å². The van der Waals surface area contributed by atoms with E-state index < -0.39 is 0 Å². The molecular formula is C12H18O3. The Labute approximate surface area is 90.0 Å². The van der Waals surface area contributed by atoms with Crippen molar-refractivity contribution in [2.24, 2.45) is 0 Å². The average Bonchev–Trinajstić information content (AvgIpc) is 2.26. The molecule has 0 radical (unpaired) electrons. The lowest BCUT2D eigenvalue weighted by Crippen LogP contribution is -2.03. The predicted octanol–water partition coefficient (Wildman–Crippen LogP) is 1.29. The summed E-state index contributed by atoms with van der Waals surface area (Å²) in [6.45, 7) is 3.74. The topological polar surface area (TPSA) is 60.7 Å². The summed E-state index contributed by atoms with van der Waals surface area (Å²) in [5.74, 6) is 0.341. The molecule has 15 heavy (non-hydrogen) atoms. The highest BCUT2D eigenvalue weighted by Gasteiger charge is 2.10. The zero-order valence-electron chi connectivity index (χ0n) is 9.20. The molecule has 0 atom stereocenters. The third-order valence-corrected chi connectivity index (χ3v) is 2.62. The fraction of sp³-hybridized carbons (Fsp3) is 0.500. The highest BCUT2D eigenvalue weighted by molar-refractivity contribution is 5.39. The summed E-state index contributed by atoms with van der Waals surface area (Å²) in [4.78, 5) is 0. The zero-order valence-corrected chi connectivity index (χ0v) is 9.20. The van der Waals surface area contributed by atoms with Gasteiger partial charge in [0.2, 0.25) is 0 Å². The van der Waals surface area contributed by atoms with Gasteiger partial charge in [-0.05, 0) is 28.2 Å². The summed E-state index contributed by atoms with van der Waals surface area (Å²) in [6, 6.07) is 3.77. The molecule has 1 aromatic rings. The lowest BCUT2D eigenvalue weighted by Gasteiger charge is -2.15. The molecule has 0 aliphatic rings. The van der Waals surface area contributed by atoms with Crippen molar-refractivity contribution in [3.63, 3.8) is 0 Å². The molecule has 1 rings (SSSR count). The Morgan fingerprint density at radius 3 is 1.67 bits per heavy atom. The van der Waals surface area contributed by atoms with Gasteiger partial charge in [-0.1, -0.05) is 26.0 Å². The van der Waals surface area contributed by atoms with Gasteiger partial charge < -0.3 is 15.3 Å². The second-order valence-corrected chi connectivity index (χ2v) is 3.95. The maximum atomic E-state index is 9.18. The first-order valence-corrected chi connectivity index (χ1v) is 5.11. The number of hydrogen-bond donors (Lipinski definition) is 3. The van der Waals surface area contributed by atoms with Crippen molar-refractivity contribution >= 4 is 0 Å². The van der Waals surface area contributed by atoms with Gasteiger partial charge >= 0.3 is 0 Å². The lowest BCUT2D eigenvalue weighted by molar-refractivity contribution is 0.247. The summed E-state index contributed by atoms with van der Waals surface area (Å²) in [5, 5.41) is 27.5. The summed E-state index contributed by atoms with van der Waals surface area (Å²) < 4.78 is 0. The van der Waals surface area contributed by atoms with Crippen molar-refractivity contribution in [2.75, 3.05) is 0 Å². The summed E-state index contributed by atoms with van der Waals surface area (Å²) >= 11 is 0. The van der Waals surface area contributed by atoms with E-state index in [0.29, 0.717) is 22.6 Å². The first-order chi connectivity index (χ1) is 7.13. The van der Waals surface area contributed by atoms with E-state index in [9.17, 15) is 10.2 Å². The van der Waals surface area contributed by atoms with Crippen LogP contribution in [0.4, 0.5) is 0 Å². The number of hydrogen-bond acceptors (Lipinski definition) is 3. The molecular weight excluding hydrogens is 192 g/mol. The molecule has 0 aliphatic carbocycles. The number of rotatable bonds is 4. The Kier molecular flexibility index (Phi) is 4.27. The van der Waals surface area contributed by atoms with Gasteiger partial charge in [-0.15, -0.1) is 0 Å². The standard InChI is InChI=1S/C12H18O3/c1-8(2)9-3-10(5-13)12(7-15)11(4-9)6-14/h3-4,8,13-15H,5-7H2,1-2H3. The number of aliphatic hydroxyl groups excluding tert-OH is 3. The van der Waals surface area contributed by atoms with Gasteiger partial charge in [0, 0.05) is 0 Å². The minimum Gasteiger partial charge on any atom is -0.392 e. The van der Waals surface area contributed by atoms with Crippen LogP contribution in [0.25, 0.3) is 0 Å². The van der Waals surface area contributed by atoms with E-state index in [-0.39, 0.29) is 19.8 Å². The maximum absolute atomic E-state index is 9.18. The fourth-order valence-corrected chi connectivity index (χ4v) is 1.64. The van der Waals surface area contributed by atoms with Crippen molar-refractivity contribution in [1.82, 2.24) is 0 Å². The summed E-state index contributed by atoms with van der Waals surface area (Å²) in [5.41, 5.74) is 3.12. The Hall–Kier alpha value is -0.900. The fourth-order valence-electron chi connectivity index (χ4n) is 1.64. The number of aliphatic hydroxyl groups is 3. The molecule has 0 bridgehead atoms. The van der Waals surface area contributed by atoms with Gasteiger partial charge in [0.05, 0.1) is 19.8 Å². The Bertz CT molecular complexity index is 307. The smallest absolute Gasteiger partial charge is 0.0688 e. The molecule has 0 aromatic heterocycles. The molecule has 3 N–H and O–H groups in total. The minimum atomic E-state index is -0.149. The SMILES string of the molecule is CC(C)c1cc(CO)c(CO)c(CO)c1. The van der Waals surface area contributed by atoms with Crippen LogP contribution < -0.4 is 0 Å². The van der Waals surface area contributed by atoms with E-state index in [1.165, 1.54) is 0 Å². The van der Waals surface area contributed by atoms with Crippen molar-refractivity contribution in [3.8, 4) is 0 Å². The highest BCUT2D eigenvalue weighted by Crippen LogP contribution is 2.23. The Morgan fingerprint density at radius 2 is 1.40 bits per heavy atom. The second kappa shape index (κ2) is 5.26. The molecule has 1 aromatic carbocycles. The maximum Gasteiger partial charge on any atom is 0.0688 e. The molecule has 0 amide bonds. The van der Waals surface area contributed by atoms with Crippen molar-refractivity contribution in [1.29, 1.82) is 0 Å². The lowest BCUT2D eigenvalue weighted by atomic mass is 9.93. The molecule has 0 aliphatic heterocycles. The quantitative estimate of drug-likeness (QED) is 0.701.